The summed E-state index contributed by atoms with van der Waals surface area (Å²) in [5.41, 5.74) is 0.986. The molecule has 14 heavy (non-hydrogen) atoms. The van der Waals surface area contributed by atoms with Gasteiger partial charge >= 0.3 is 5.97 Å². The normalized spacial score (nSPS) is 13.4. The van der Waals surface area contributed by atoms with Crippen molar-refractivity contribution >= 4 is 33.5 Å². The number of benzene rings is 1. The summed E-state index contributed by atoms with van der Waals surface area (Å²) in [5.74, 6) is -1.17. The Labute approximate surface area is 83.0 Å². The van der Waals surface area contributed by atoms with E-state index in [1.54, 1.807) is 24.3 Å². The second-order valence-electron chi connectivity index (χ2n) is 2.70. The largest absolute Gasteiger partial charge is 0.476 e. The zero-order valence-corrected chi connectivity index (χ0v) is 7.75. The third kappa shape index (κ3) is 1.18. The number of carbonyl (C=O) groups is 1. The Morgan fingerprint density at radius 2 is 2.07 bits per heavy atom. The molecule has 0 radical (unpaired) electrons. The molecule has 0 saturated carbocycles. The Hall–Kier alpha value is -1.75. The molecule has 1 aromatic carbocycles. The molecule has 70 valence electrons. The highest BCUT2D eigenvalue weighted by Gasteiger charge is 2.26. The highest BCUT2D eigenvalue weighted by molar-refractivity contribution is 7.69. The maximum Gasteiger partial charge on any atom is 0.356 e. The molecule has 1 heterocycles. The fourth-order valence-electron chi connectivity index (χ4n) is 1.29. The second kappa shape index (κ2) is 3.19. The van der Waals surface area contributed by atoms with Crippen LogP contribution >= 0.6 is 0 Å². The number of carboxylic acid groups (broad SMARTS) is 1. The van der Waals surface area contributed by atoms with Crippen molar-refractivity contribution in [2.24, 2.45) is 4.99 Å². The van der Waals surface area contributed by atoms with Gasteiger partial charge in [0, 0.05) is 5.56 Å². The highest BCUT2D eigenvalue weighted by atomic mass is 32.1. The monoisotopic (exact) mass is 207 g/mol. The number of carboxylic acids is 1. The molecule has 0 aliphatic carbocycles. The number of hydrogen-bond donors (Lipinski definition) is 1. The molecule has 0 saturated heterocycles. The van der Waals surface area contributed by atoms with Crippen LogP contribution in [0.5, 0.6) is 0 Å². The minimum Gasteiger partial charge on any atom is -0.476 e. The number of aliphatic imine (C=N–C) groups is 1. The zero-order chi connectivity index (χ0) is 10.1. The Balaban J connectivity index is 2.67. The lowest BCUT2D eigenvalue weighted by Crippen LogP contribution is -2.20. The van der Waals surface area contributed by atoms with Crippen LogP contribution in [0.25, 0.3) is 0 Å². The number of nitrogens with zero attached hydrogens (tertiary/aromatic N) is 1. The molecule has 2 rings (SSSR count). The average molecular weight is 207 g/mol. The van der Waals surface area contributed by atoms with E-state index in [4.69, 9.17) is 5.11 Å². The standard InChI is InChI=1S/C9H5NO3S/c11-9(12)7-8(14-13)5-3-1-2-4-6(5)10-7/h1-4H,(H,11,12). The second-order valence-corrected chi connectivity index (χ2v) is 3.27. The molecule has 0 amide bonds. The van der Waals surface area contributed by atoms with Crippen LogP contribution in [0.4, 0.5) is 5.69 Å². The fraction of sp³-hybridized carbons (Fsp3) is 0. The van der Waals surface area contributed by atoms with Crippen molar-refractivity contribution in [3.63, 3.8) is 0 Å². The van der Waals surface area contributed by atoms with E-state index in [-0.39, 0.29) is 21.8 Å². The molecular weight excluding hydrogens is 202 g/mol. The number of aliphatic carboxylic acids is 1. The van der Waals surface area contributed by atoms with E-state index in [1.165, 1.54) is 0 Å². The molecule has 1 aliphatic rings. The number of fused-ring (bicyclic) bond motifs is 1. The average Bonchev–Trinajstić information content (AvgIpc) is 2.56. The topological polar surface area (TPSA) is 66.7 Å². The summed E-state index contributed by atoms with van der Waals surface area (Å²) in [7, 11) is 0. The van der Waals surface area contributed by atoms with Gasteiger partial charge in [0.05, 0.1) is 16.9 Å². The maximum atomic E-state index is 10.7. The van der Waals surface area contributed by atoms with E-state index in [0.717, 1.165) is 0 Å². The molecule has 0 fully saturated rings. The van der Waals surface area contributed by atoms with Crippen molar-refractivity contribution in [1.29, 1.82) is 0 Å². The summed E-state index contributed by atoms with van der Waals surface area (Å²) in [6.07, 6.45) is 0. The van der Waals surface area contributed by atoms with Gasteiger partial charge in [-0.3, -0.25) is 0 Å². The minimum atomic E-state index is -1.17. The van der Waals surface area contributed by atoms with Crippen LogP contribution < -0.4 is 0 Å². The molecule has 4 nitrogen and oxygen atoms in total. The first kappa shape index (κ1) is 8.83. The Morgan fingerprint density at radius 3 is 2.71 bits per heavy atom. The Morgan fingerprint density at radius 1 is 1.36 bits per heavy atom. The molecule has 1 N–H and O–H groups in total. The summed E-state index contributed by atoms with van der Waals surface area (Å²) in [6, 6.07) is 6.87. The van der Waals surface area contributed by atoms with E-state index in [1.807, 2.05) is 0 Å². The molecule has 0 unspecified atom stereocenters. The summed E-state index contributed by atoms with van der Waals surface area (Å²) >= 11 is 0.167. The van der Waals surface area contributed by atoms with Gasteiger partial charge in [-0.05, 0) is 6.07 Å². The molecule has 5 heteroatoms. The molecule has 1 aliphatic heterocycles. The van der Waals surface area contributed by atoms with Crippen LogP contribution in [0.3, 0.4) is 0 Å². The van der Waals surface area contributed by atoms with E-state index < -0.39 is 5.97 Å². The lowest BCUT2D eigenvalue weighted by atomic mass is 10.1. The van der Waals surface area contributed by atoms with Crippen LogP contribution in [0, 0.1) is 0 Å². The van der Waals surface area contributed by atoms with Gasteiger partial charge in [-0.2, -0.15) is 0 Å². The van der Waals surface area contributed by atoms with Crippen LogP contribution in [0.2, 0.25) is 0 Å². The molecule has 1 aromatic rings. The third-order valence-electron chi connectivity index (χ3n) is 1.88. The zero-order valence-electron chi connectivity index (χ0n) is 6.93. The SMILES string of the molecule is O=S=C1C(C(=O)O)=Nc2ccccc21. The quantitative estimate of drug-likeness (QED) is 0.685. The van der Waals surface area contributed by atoms with Gasteiger partial charge in [-0.1, -0.05) is 18.2 Å². The maximum absolute atomic E-state index is 10.7. The Kier molecular flexibility index (Phi) is 2.01. The summed E-state index contributed by atoms with van der Waals surface area (Å²) in [5, 5.41) is 8.78. The summed E-state index contributed by atoms with van der Waals surface area (Å²) in [6.45, 7) is 0. The minimum absolute atomic E-state index is 0.161. The predicted octanol–water partition coefficient (Wildman–Crippen LogP) is 0.591. The Bertz CT molecular complexity index is 501. The van der Waals surface area contributed by atoms with Gasteiger partial charge in [0.15, 0.2) is 5.71 Å². The van der Waals surface area contributed by atoms with Gasteiger partial charge in [0.2, 0.25) is 0 Å². The predicted molar refractivity (Wildman–Crippen MR) is 53.4 cm³/mol. The van der Waals surface area contributed by atoms with Crippen molar-refractivity contribution in [1.82, 2.24) is 0 Å². The van der Waals surface area contributed by atoms with Crippen molar-refractivity contribution in [3.05, 3.63) is 29.8 Å². The molecule has 0 atom stereocenters. The lowest BCUT2D eigenvalue weighted by molar-refractivity contribution is -0.129. The van der Waals surface area contributed by atoms with Gasteiger partial charge in [0.25, 0.3) is 0 Å². The fourth-order valence-corrected chi connectivity index (χ4v) is 1.77. The number of para-hydroxylation sites is 1. The highest BCUT2D eigenvalue weighted by Crippen LogP contribution is 2.25. The summed E-state index contributed by atoms with van der Waals surface area (Å²) in [4.78, 5) is 14.8. The van der Waals surface area contributed by atoms with Crippen LogP contribution in [0.15, 0.2) is 29.3 Å². The van der Waals surface area contributed by atoms with Crippen molar-refractivity contribution in [2.75, 3.05) is 0 Å². The number of hydrogen-bond acceptors (Lipinski definition) is 3. The van der Waals surface area contributed by atoms with Crippen LogP contribution in [0.1, 0.15) is 5.56 Å². The van der Waals surface area contributed by atoms with E-state index in [0.29, 0.717) is 11.3 Å². The van der Waals surface area contributed by atoms with Gasteiger partial charge in [0.1, 0.15) is 4.86 Å². The van der Waals surface area contributed by atoms with Gasteiger partial charge < -0.3 is 5.11 Å². The van der Waals surface area contributed by atoms with E-state index >= 15 is 0 Å². The van der Waals surface area contributed by atoms with Crippen molar-refractivity contribution in [3.8, 4) is 0 Å². The molecule has 0 spiro atoms. The van der Waals surface area contributed by atoms with Crippen molar-refractivity contribution < 1.29 is 14.1 Å². The van der Waals surface area contributed by atoms with Gasteiger partial charge in [-0.25, -0.2) is 14.0 Å². The smallest absolute Gasteiger partial charge is 0.356 e. The van der Waals surface area contributed by atoms with E-state index in [2.05, 4.69) is 4.99 Å². The number of rotatable bonds is 1. The third-order valence-corrected chi connectivity index (χ3v) is 2.46. The summed E-state index contributed by atoms with van der Waals surface area (Å²) < 4.78 is 10.7. The lowest BCUT2D eigenvalue weighted by Gasteiger charge is -1.93. The first-order chi connectivity index (χ1) is 6.74. The van der Waals surface area contributed by atoms with Gasteiger partial charge in [-0.15, -0.1) is 0 Å². The van der Waals surface area contributed by atoms with Crippen LogP contribution in [-0.2, 0) is 16.1 Å². The first-order valence-electron chi connectivity index (χ1n) is 3.82. The van der Waals surface area contributed by atoms with E-state index in [9.17, 15) is 9.00 Å². The van der Waals surface area contributed by atoms with Crippen molar-refractivity contribution in [2.45, 2.75) is 0 Å². The molecule has 0 aromatic heterocycles. The molecule has 0 bridgehead atoms. The van der Waals surface area contributed by atoms with Crippen LogP contribution in [-0.4, -0.2) is 25.9 Å². The molecular formula is C9H5NO3S. The first-order valence-corrected chi connectivity index (χ1v) is 4.56.